The van der Waals surface area contributed by atoms with Crippen molar-refractivity contribution in [1.82, 2.24) is 5.32 Å². The molecule has 3 nitrogen and oxygen atoms in total. The Labute approximate surface area is 99.2 Å². The maximum absolute atomic E-state index is 11.9. The van der Waals surface area contributed by atoms with E-state index in [-0.39, 0.29) is 23.9 Å². The number of rotatable bonds is 4. The fraction of sp³-hybridized carbons (Fsp3) is 0.923. The third-order valence-corrected chi connectivity index (χ3v) is 3.50. The normalized spacial score (nSPS) is 29.5. The fourth-order valence-corrected chi connectivity index (χ4v) is 2.50. The van der Waals surface area contributed by atoms with E-state index in [1.54, 1.807) is 0 Å². The van der Waals surface area contributed by atoms with Crippen LogP contribution in [-0.2, 0) is 4.79 Å². The van der Waals surface area contributed by atoms with Crippen LogP contribution in [0.15, 0.2) is 0 Å². The second-order valence-electron chi connectivity index (χ2n) is 5.58. The Balaban J connectivity index is 2.29. The quantitative estimate of drug-likeness (QED) is 0.771. The van der Waals surface area contributed by atoms with Crippen molar-refractivity contribution in [3.05, 3.63) is 0 Å². The minimum Gasteiger partial charge on any atom is -0.353 e. The summed E-state index contributed by atoms with van der Waals surface area (Å²) >= 11 is 0. The summed E-state index contributed by atoms with van der Waals surface area (Å²) in [5.41, 5.74) is 5.71. The van der Waals surface area contributed by atoms with Crippen molar-refractivity contribution >= 4 is 5.91 Å². The lowest BCUT2D eigenvalue weighted by atomic mass is 9.82. The van der Waals surface area contributed by atoms with Crippen molar-refractivity contribution in [2.45, 2.75) is 65.0 Å². The first-order chi connectivity index (χ1) is 7.49. The average Bonchev–Trinajstić information content (AvgIpc) is 2.16. The van der Waals surface area contributed by atoms with Crippen LogP contribution in [0.4, 0.5) is 0 Å². The van der Waals surface area contributed by atoms with Crippen LogP contribution in [-0.4, -0.2) is 18.0 Å². The molecule has 3 N–H and O–H groups in total. The van der Waals surface area contributed by atoms with Crippen LogP contribution in [0.5, 0.6) is 0 Å². The fourth-order valence-electron chi connectivity index (χ4n) is 2.50. The smallest absolute Gasteiger partial charge is 0.223 e. The standard InChI is InChI=1S/C13H26N2O/c1-9-4-6-12(7-5-9)13(16)15-11(3)8-10(2)14/h9-12H,4-8,14H2,1-3H3,(H,15,16). The highest BCUT2D eigenvalue weighted by Gasteiger charge is 2.25. The zero-order valence-corrected chi connectivity index (χ0v) is 10.8. The molecule has 1 fully saturated rings. The first kappa shape index (κ1) is 13.5. The SMILES string of the molecule is CC(N)CC(C)NC(=O)C1CCC(C)CC1. The number of carbonyl (C=O) groups excluding carboxylic acids is 1. The van der Waals surface area contributed by atoms with E-state index < -0.39 is 0 Å². The van der Waals surface area contributed by atoms with Gasteiger partial charge in [0.2, 0.25) is 5.91 Å². The van der Waals surface area contributed by atoms with Gasteiger partial charge in [0.25, 0.3) is 0 Å². The summed E-state index contributed by atoms with van der Waals surface area (Å²) < 4.78 is 0. The van der Waals surface area contributed by atoms with Gasteiger partial charge >= 0.3 is 0 Å². The minimum absolute atomic E-state index is 0.154. The molecule has 0 saturated heterocycles. The Morgan fingerprint density at radius 2 is 1.88 bits per heavy atom. The highest BCUT2D eigenvalue weighted by atomic mass is 16.1. The predicted molar refractivity (Wildman–Crippen MR) is 67.0 cm³/mol. The van der Waals surface area contributed by atoms with E-state index >= 15 is 0 Å². The molecular formula is C13H26N2O. The van der Waals surface area contributed by atoms with Crippen molar-refractivity contribution in [3.63, 3.8) is 0 Å². The number of hydrogen-bond donors (Lipinski definition) is 2. The van der Waals surface area contributed by atoms with E-state index in [0.717, 1.165) is 25.2 Å². The molecule has 0 aliphatic heterocycles. The Bertz CT molecular complexity index is 220. The first-order valence-electron chi connectivity index (χ1n) is 6.55. The molecule has 1 rings (SSSR count). The molecule has 0 radical (unpaired) electrons. The lowest BCUT2D eigenvalue weighted by Gasteiger charge is -2.27. The van der Waals surface area contributed by atoms with E-state index in [1.165, 1.54) is 12.8 Å². The van der Waals surface area contributed by atoms with Gasteiger partial charge in [-0.25, -0.2) is 0 Å². The van der Waals surface area contributed by atoms with Gasteiger partial charge in [0, 0.05) is 18.0 Å². The third kappa shape index (κ3) is 4.52. The summed E-state index contributed by atoms with van der Waals surface area (Å²) in [6.45, 7) is 6.28. The largest absolute Gasteiger partial charge is 0.353 e. The van der Waals surface area contributed by atoms with Crippen LogP contribution in [0.3, 0.4) is 0 Å². The van der Waals surface area contributed by atoms with E-state index in [1.807, 2.05) is 13.8 Å². The maximum Gasteiger partial charge on any atom is 0.223 e. The van der Waals surface area contributed by atoms with Crippen molar-refractivity contribution in [3.8, 4) is 0 Å². The average molecular weight is 226 g/mol. The molecule has 16 heavy (non-hydrogen) atoms. The molecule has 0 aromatic carbocycles. The van der Waals surface area contributed by atoms with Crippen LogP contribution in [0.25, 0.3) is 0 Å². The summed E-state index contributed by atoms with van der Waals surface area (Å²) in [6.07, 6.45) is 5.35. The topological polar surface area (TPSA) is 55.1 Å². The molecule has 1 aliphatic carbocycles. The number of nitrogens with two attached hydrogens (primary N) is 1. The zero-order valence-electron chi connectivity index (χ0n) is 10.8. The van der Waals surface area contributed by atoms with E-state index in [9.17, 15) is 4.79 Å². The molecule has 0 spiro atoms. The van der Waals surface area contributed by atoms with Crippen molar-refractivity contribution in [2.75, 3.05) is 0 Å². The van der Waals surface area contributed by atoms with Gasteiger partial charge in [-0.15, -0.1) is 0 Å². The number of nitrogens with one attached hydrogen (secondary N) is 1. The van der Waals surface area contributed by atoms with Gasteiger partial charge in [0.15, 0.2) is 0 Å². The highest BCUT2D eigenvalue weighted by Crippen LogP contribution is 2.28. The van der Waals surface area contributed by atoms with Crippen LogP contribution >= 0.6 is 0 Å². The molecule has 1 aliphatic rings. The third-order valence-electron chi connectivity index (χ3n) is 3.50. The monoisotopic (exact) mass is 226 g/mol. The highest BCUT2D eigenvalue weighted by molar-refractivity contribution is 5.78. The van der Waals surface area contributed by atoms with Gasteiger partial charge in [-0.1, -0.05) is 6.92 Å². The summed E-state index contributed by atoms with van der Waals surface area (Å²) in [4.78, 5) is 11.9. The van der Waals surface area contributed by atoms with Crippen LogP contribution in [0.1, 0.15) is 52.9 Å². The lowest BCUT2D eigenvalue weighted by molar-refractivity contribution is -0.126. The molecule has 94 valence electrons. The molecule has 2 unspecified atom stereocenters. The van der Waals surface area contributed by atoms with Gasteiger partial charge in [0.1, 0.15) is 0 Å². The van der Waals surface area contributed by atoms with Crippen LogP contribution in [0.2, 0.25) is 0 Å². The van der Waals surface area contributed by atoms with Crippen molar-refractivity contribution in [1.29, 1.82) is 0 Å². The van der Waals surface area contributed by atoms with E-state index in [2.05, 4.69) is 12.2 Å². The molecule has 2 atom stereocenters. The van der Waals surface area contributed by atoms with Gasteiger partial charge in [-0.05, 0) is 51.9 Å². The molecule has 3 heteroatoms. The summed E-state index contributed by atoms with van der Waals surface area (Å²) in [5, 5.41) is 3.08. The molecule has 0 bridgehead atoms. The lowest BCUT2D eigenvalue weighted by Crippen LogP contribution is -2.40. The summed E-state index contributed by atoms with van der Waals surface area (Å²) in [7, 11) is 0. The van der Waals surface area contributed by atoms with E-state index in [0.29, 0.717) is 0 Å². The van der Waals surface area contributed by atoms with E-state index in [4.69, 9.17) is 5.73 Å². The van der Waals surface area contributed by atoms with Gasteiger partial charge in [-0.2, -0.15) is 0 Å². The molecule has 1 amide bonds. The summed E-state index contributed by atoms with van der Waals surface area (Å²) in [5.74, 6) is 1.28. The van der Waals surface area contributed by atoms with Gasteiger partial charge in [-0.3, -0.25) is 4.79 Å². The maximum atomic E-state index is 11.9. The summed E-state index contributed by atoms with van der Waals surface area (Å²) in [6, 6.07) is 0.355. The molecular weight excluding hydrogens is 200 g/mol. The Morgan fingerprint density at radius 3 is 2.38 bits per heavy atom. The molecule has 1 saturated carbocycles. The minimum atomic E-state index is 0.154. The van der Waals surface area contributed by atoms with Crippen molar-refractivity contribution in [2.24, 2.45) is 17.6 Å². The Kier molecular flexibility index (Phi) is 5.26. The predicted octanol–water partition coefficient (Wildman–Crippen LogP) is 2.05. The van der Waals surface area contributed by atoms with Crippen LogP contribution < -0.4 is 11.1 Å². The number of carbonyl (C=O) groups is 1. The number of hydrogen-bond acceptors (Lipinski definition) is 2. The Hall–Kier alpha value is -0.570. The van der Waals surface area contributed by atoms with Crippen LogP contribution in [0, 0.1) is 11.8 Å². The van der Waals surface area contributed by atoms with Crippen molar-refractivity contribution < 1.29 is 4.79 Å². The molecule has 0 heterocycles. The second kappa shape index (κ2) is 6.24. The first-order valence-corrected chi connectivity index (χ1v) is 6.55. The molecule has 0 aromatic rings. The van der Waals surface area contributed by atoms with Gasteiger partial charge in [0.05, 0.1) is 0 Å². The molecule has 0 aromatic heterocycles. The second-order valence-corrected chi connectivity index (χ2v) is 5.58. The Morgan fingerprint density at radius 1 is 1.31 bits per heavy atom. The van der Waals surface area contributed by atoms with Gasteiger partial charge < -0.3 is 11.1 Å². The number of amides is 1. The zero-order chi connectivity index (χ0) is 12.1.